The lowest BCUT2D eigenvalue weighted by Gasteiger charge is -2.16. The molecule has 10 heteroatoms. The second-order valence-corrected chi connectivity index (χ2v) is 8.06. The van der Waals surface area contributed by atoms with Crippen molar-refractivity contribution in [1.29, 1.82) is 0 Å². The van der Waals surface area contributed by atoms with E-state index >= 15 is 0 Å². The van der Waals surface area contributed by atoms with Crippen LogP contribution in [0.2, 0.25) is 10.0 Å². The van der Waals surface area contributed by atoms with Gasteiger partial charge in [0.2, 0.25) is 0 Å². The molecule has 3 N–H and O–H groups in total. The number of aromatic hydroxyl groups is 2. The normalized spacial score (nSPS) is 11.9. The molecule has 0 aliphatic rings. The molecule has 0 fully saturated rings. The second kappa shape index (κ2) is 7.89. The third-order valence-electron chi connectivity index (χ3n) is 5.23. The summed E-state index contributed by atoms with van der Waals surface area (Å²) in [7, 11) is 0. The number of halogens is 2. The number of nitrogens with zero attached hydrogens (tertiary/aromatic N) is 1. The third-order valence-corrected chi connectivity index (χ3v) is 6.04. The summed E-state index contributed by atoms with van der Waals surface area (Å²) in [5, 5.41) is 34.7. The fourth-order valence-electron chi connectivity index (χ4n) is 3.55. The second-order valence-electron chi connectivity index (χ2n) is 7.24. The lowest BCUT2D eigenvalue weighted by atomic mass is 9.91. The van der Waals surface area contributed by atoms with E-state index in [2.05, 4.69) is 5.16 Å². The summed E-state index contributed by atoms with van der Waals surface area (Å²) in [6.07, 6.45) is 0.793. The van der Waals surface area contributed by atoms with Crippen LogP contribution in [-0.4, -0.2) is 21.6 Å². The first kappa shape index (κ1) is 21.7. The molecule has 164 valence electrons. The third kappa shape index (κ3) is 3.37. The molecule has 0 atom stereocenters. The van der Waals surface area contributed by atoms with E-state index in [4.69, 9.17) is 32.0 Å². The van der Waals surface area contributed by atoms with Gasteiger partial charge in [-0.15, -0.1) is 5.16 Å². The maximum Gasteiger partial charge on any atom is 0.344 e. The van der Waals surface area contributed by atoms with E-state index < -0.39 is 39.8 Å². The average Bonchev–Trinajstić information content (AvgIpc) is 2.71. The minimum atomic E-state index is -1.51. The van der Waals surface area contributed by atoms with Crippen LogP contribution in [0.1, 0.15) is 28.2 Å². The summed E-state index contributed by atoms with van der Waals surface area (Å²) < 4.78 is 10.6. The molecule has 2 aromatic heterocycles. The molecule has 8 nitrogen and oxygen atoms in total. The summed E-state index contributed by atoms with van der Waals surface area (Å²) in [6, 6.07) is 5.74. The Hall–Kier alpha value is -3.49. The summed E-state index contributed by atoms with van der Waals surface area (Å²) >= 11 is 12.3. The van der Waals surface area contributed by atoms with Crippen LogP contribution >= 0.6 is 23.2 Å². The number of hydrogen-bond acceptors (Lipinski definition) is 8. The van der Waals surface area contributed by atoms with Gasteiger partial charge >= 0.3 is 11.3 Å². The van der Waals surface area contributed by atoms with E-state index in [0.717, 1.165) is 6.21 Å². The Balaban J connectivity index is 2.08. The molecular weight excluding hydrogens is 461 g/mol. The van der Waals surface area contributed by atoms with Gasteiger partial charge in [0, 0.05) is 10.0 Å². The fraction of sp³-hybridized carbons (Fsp3) is 0.136. The number of aryl methyl sites for hydroxylation is 2. The number of hydrogen-bond donors (Lipinski definition) is 3. The van der Waals surface area contributed by atoms with E-state index in [1.807, 2.05) is 0 Å². The van der Waals surface area contributed by atoms with Gasteiger partial charge in [0.15, 0.2) is 0 Å². The quantitative estimate of drug-likeness (QED) is 0.167. The topological polar surface area (TPSA) is 133 Å². The maximum absolute atomic E-state index is 12.8. The molecule has 0 amide bonds. The van der Waals surface area contributed by atoms with Crippen LogP contribution in [0.15, 0.2) is 47.8 Å². The standard InChI is InChI=1S/C22H15Cl2NO7/c1-8-3-15-10(5-13(8)23)19(26)17(21(28)31-15)12(7-25-30)18-20(27)11-6-14(24)9(2)4-16(11)32-22(18)29/h3-7,12,26-27,30H,1-2H3/b25-7+. The van der Waals surface area contributed by atoms with E-state index in [9.17, 15) is 25.0 Å². The highest BCUT2D eigenvalue weighted by atomic mass is 35.5. The van der Waals surface area contributed by atoms with Crippen LogP contribution in [-0.2, 0) is 0 Å². The molecular formula is C22H15Cl2NO7. The summed E-state index contributed by atoms with van der Waals surface area (Å²) in [6.45, 7) is 3.39. The van der Waals surface area contributed by atoms with Crippen LogP contribution in [0.3, 0.4) is 0 Å². The van der Waals surface area contributed by atoms with Crippen LogP contribution in [0.25, 0.3) is 21.9 Å². The van der Waals surface area contributed by atoms with Gasteiger partial charge in [-0.3, -0.25) is 0 Å². The van der Waals surface area contributed by atoms with E-state index in [1.54, 1.807) is 13.8 Å². The van der Waals surface area contributed by atoms with Crippen LogP contribution in [0, 0.1) is 13.8 Å². The van der Waals surface area contributed by atoms with Gasteiger partial charge in [0.25, 0.3) is 0 Å². The summed E-state index contributed by atoms with van der Waals surface area (Å²) in [5.74, 6) is -2.62. The Morgan fingerprint density at radius 1 is 0.844 bits per heavy atom. The maximum atomic E-state index is 12.8. The lowest BCUT2D eigenvalue weighted by molar-refractivity contribution is 0.320. The SMILES string of the molecule is Cc1cc2oc(=O)c(C(/C=N/O)c3c(O)c4cc(Cl)c(C)cc4oc3=O)c(O)c2cc1Cl. The van der Waals surface area contributed by atoms with E-state index in [1.165, 1.54) is 24.3 Å². The first-order chi connectivity index (χ1) is 15.1. The van der Waals surface area contributed by atoms with Gasteiger partial charge in [-0.25, -0.2) is 9.59 Å². The molecule has 0 radical (unpaired) electrons. The van der Waals surface area contributed by atoms with Gasteiger partial charge in [-0.2, -0.15) is 0 Å². The van der Waals surface area contributed by atoms with Crippen molar-refractivity contribution >= 4 is 51.4 Å². The van der Waals surface area contributed by atoms with Crippen molar-refractivity contribution in [3.8, 4) is 11.5 Å². The largest absolute Gasteiger partial charge is 0.507 e. The molecule has 2 aromatic carbocycles. The van der Waals surface area contributed by atoms with Crippen molar-refractivity contribution in [2.24, 2.45) is 5.16 Å². The number of oxime groups is 1. The fourth-order valence-corrected chi connectivity index (χ4v) is 3.88. The van der Waals surface area contributed by atoms with Crippen molar-refractivity contribution in [3.63, 3.8) is 0 Å². The molecule has 0 unspecified atom stereocenters. The van der Waals surface area contributed by atoms with E-state index in [-0.39, 0.29) is 21.9 Å². The minimum Gasteiger partial charge on any atom is -0.507 e. The average molecular weight is 476 g/mol. The zero-order valence-electron chi connectivity index (χ0n) is 16.6. The van der Waals surface area contributed by atoms with Crippen LogP contribution in [0.4, 0.5) is 0 Å². The molecule has 0 aliphatic heterocycles. The zero-order valence-corrected chi connectivity index (χ0v) is 18.2. The first-order valence-corrected chi connectivity index (χ1v) is 9.98. The molecule has 2 heterocycles. The van der Waals surface area contributed by atoms with Crippen LogP contribution < -0.4 is 11.3 Å². The Morgan fingerprint density at radius 2 is 1.25 bits per heavy atom. The molecule has 0 spiro atoms. The highest BCUT2D eigenvalue weighted by Gasteiger charge is 2.30. The molecule has 32 heavy (non-hydrogen) atoms. The molecule has 4 aromatic rings. The summed E-state index contributed by atoms with van der Waals surface area (Å²) in [4.78, 5) is 25.6. The Labute approximate surface area is 189 Å². The summed E-state index contributed by atoms with van der Waals surface area (Å²) in [5.41, 5.74) is -1.56. The molecule has 0 saturated heterocycles. The highest BCUT2D eigenvalue weighted by molar-refractivity contribution is 6.32. The predicted molar refractivity (Wildman–Crippen MR) is 120 cm³/mol. The van der Waals surface area contributed by atoms with Gasteiger partial charge in [0.1, 0.15) is 22.7 Å². The molecule has 0 saturated carbocycles. The predicted octanol–water partition coefficient (Wildman–Crippen LogP) is 4.83. The Bertz CT molecular complexity index is 1440. The van der Waals surface area contributed by atoms with Gasteiger partial charge in [0.05, 0.1) is 34.0 Å². The van der Waals surface area contributed by atoms with Crippen molar-refractivity contribution in [2.45, 2.75) is 19.8 Å². The van der Waals surface area contributed by atoms with E-state index in [0.29, 0.717) is 21.2 Å². The minimum absolute atomic E-state index is 0.0647. The number of fused-ring (bicyclic) bond motifs is 2. The number of benzene rings is 2. The van der Waals surface area contributed by atoms with Crippen molar-refractivity contribution < 1.29 is 24.3 Å². The zero-order chi connectivity index (χ0) is 23.3. The first-order valence-electron chi connectivity index (χ1n) is 9.23. The monoisotopic (exact) mass is 475 g/mol. The molecule has 4 rings (SSSR count). The van der Waals surface area contributed by atoms with Crippen molar-refractivity contribution in [3.05, 3.63) is 77.4 Å². The highest BCUT2D eigenvalue weighted by Crippen LogP contribution is 2.39. The Kier molecular flexibility index (Phi) is 5.36. The van der Waals surface area contributed by atoms with Crippen molar-refractivity contribution in [2.75, 3.05) is 0 Å². The van der Waals surface area contributed by atoms with Gasteiger partial charge in [-0.1, -0.05) is 23.2 Å². The van der Waals surface area contributed by atoms with Gasteiger partial charge < -0.3 is 24.3 Å². The van der Waals surface area contributed by atoms with Gasteiger partial charge in [-0.05, 0) is 49.2 Å². The van der Waals surface area contributed by atoms with Crippen LogP contribution in [0.5, 0.6) is 11.5 Å². The number of rotatable bonds is 3. The Morgan fingerprint density at radius 3 is 1.62 bits per heavy atom. The molecule has 0 bridgehead atoms. The smallest absolute Gasteiger partial charge is 0.344 e. The molecule has 0 aliphatic carbocycles. The van der Waals surface area contributed by atoms with Crippen molar-refractivity contribution in [1.82, 2.24) is 0 Å². The lowest BCUT2D eigenvalue weighted by Crippen LogP contribution is -2.21.